The third-order valence-corrected chi connectivity index (χ3v) is 3.62. The van der Waals surface area contributed by atoms with Gasteiger partial charge in [0.05, 0.1) is 7.05 Å². The third-order valence-electron chi connectivity index (χ3n) is 3.62. The molecule has 0 radical (unpaired) electrons. The van der Waals surface area contributed by atoms with Crippen LogP contribution in [0.25, 0.3) is 0 Å². The Bertz CT molecular complexity index is 492. The first-order chi connectivity index (χ1) is 8.29. The molecule has 2 unspecified atom stereocenters. The Labute approximate surface area is 102 Å². The minimum absolute atomic E-state index is 0.383. The highest BCUT2D eigenvalue weighted by Crippen LogP contribution is 2.33. The molecule has 1 aliphatic rings. The highest BCUT2D eigenvalue weighted by molar-refractivity contribution is 5.65. The Morgan fingerprint density at radius 2 is 1.59 bits per heavy atom. The van der Waals surface area contributed by atoms with Crippen molar-refractivity contribution in [1.29, 1.82) is 0 Å². The predicted octanol–water partition coefficient (Wildman–Crippen LogP) is 1.98. The minimum atomic E-state index is 0.383. The van der Waals surface area contributed by atoms with E-state index in [2.05, 4.69) is 73.6 Å². The SMILES string of the molecule is CN1c2ccccc2[NH+](C)C1c1ccccc1. The van der Waals surface area contributed by atoms with E-state index < -0.39 is 0 Å². The zero-order valence-corrected chi connectivity index (χ0v) is 10.2. The molecule has 3 rings (SSSR count). The lowest BCUT2D eigenvalue weighted by Gasteiger charge is -2.23. The van der Waals surface area contributed by atoms with Crippen molar-refractivity contribution >= 4 is 11.4 Å². The maximum atomic E-state index is 2.36. The number of fused-ring (bicyclic) bond motifs is 1. The summed E-state index contributed by atoms with van der Waals surface area (Å²) in [7, 11) is 4.41. The van der Waals surface area contributed by atoms with Crippen molar-refractivity contribution < 1.29 is 4.90 Å². The van der Waals surface area contributed by atoms with Crippen LogP contribution in [0.4, 0.5) is 11.4 Å². The third kappa shape index (κ3) is 1.53. The molecule has 86 valence electrons. The molecule has 1 aliphatic heterocycles. The number of benzene rings is 2. The fraction of sp³-hybridized carbons (Fsp3) is 0.200. The molecule has 1 N–H and O–H groups in total. The molecule has 2 aromatic rings. The number of para-hydroxylation sites is 2. The predicted molar refractivity (Wildman–Crippen MR) is 70.6 cm³/mol. The molecule has 0 bridgehead atoms. The van der Waals surface area contributed by atoms with Gasteiger partial charge in [-0.15, -0.1) is 0 Å². The van der Waals surface area contributed by atoms with E-state index in [1.54, 1.807) is 0 Å². The number of nitrogens with zero attached hydrogens (tertiary/aromatic N) is 1. The summed E-state index contributed by atoms with van der Waals surface area (Å²) >= 11 is 0. The Morgan fingerprint density at radius 1 is 0.941 bits per heavy atom. The van der Waals surface area contributed by atoms with Gasteiger partial charge >= 0.3 is 0 Å². The number of nitrogens with one attached hydrogen (secondary N) is 1. The Balaban J connectivity index is 2.06. The van der Waals surface area contributed by atoms with Crippen molar-refractivity contribution in [3.8, 4) is 0 Å². The maximum absolute atomic E-state index is 2.36. The van der Waals surface area contributed by atoms with Crippen LogP contribution in [0.15, 0.2) is 54.6 Å². The first kappa shape index (κ1) is 10.4. The summed E-state index contributed by atoms with van der Waals surface area (Å²) in [4.78, 5) is 3.80. The summed E-state index contributed by atoms with van der Waals surface area (Å²) in [6, 6.07) is 19.3. The lowest BCUT2D eigenvalue weighted by atomic mass is 10.1. The van der Waals surface area contributed by atoms with Crippen LogP contribution < -0.4 is 9.80 Å². The van der Waals surface area contributed by atoms with Crippen molar-refractivity contribution in [2.75, 3.05) is 19.0 Å². The van der Waals surface area contributed by atoms with Crippen LogP contribution >= 0.6 is 0 Å². The second kappa shape index (κ2) is 3.90. The average molecular weight is 225 g/mol. The molecule has 2 aromatic carbocycles. The number of rotatable bonds is 1. The summed E-state index contributed by atoms with van der Waals surface area (Å²) < 4.78 is 0. The molecule has 2 nitrogen and oxygen atoms in total. The van der Waals surface area contributed by atoms with Gasteiger partial charge in [-0.3, -0.25) is 4.90 Å². The second-order valence-electron chi connectivity index (χ2n) is 4.62. The van der Waals surface area contributed by atoms with E-state index in [-0.39, 0.29) is 0 Å². The molecule has 0 aliphatic carbocycles. The molecule has 0 spiro atoms. The van der Waals surface area contributed by atoms with Crippen LogP contribution in [0.3, 0.4) is 0 Å². The quantitative estimate of drug-likeness (QED) is 0.780. The van der Waals surface area contributed by atoms with E-state index in [9.17, 15) is 0 Å². The lowest BCUT2D eigenvalue weighted by Crippen LogP contribution is -3.04. The topological polar surface area (TPSA) is 7.68 Å². The van der Waals surface area contributed by atoms with Gasteiger partial charge in [0, 0.05) is 18.7 Å². The minimum Gasteiger partial charge on any atom is -0.316 e. The van der Waals surface area contributed by atoms with E-state index in [1.165, 1.54) is 21.8 Å². The van der Waals surface area contributed by atoms with Crippen LogP contribution in [-0.4, -0.2) is 14.1 Å². The van der Waals surface area contributed by atoms with Crippen molar-refractivity contribution in [1.82, 2.24) is 0 Å². The van der Waals surface area contributed by atoms with Gasteiger partial charge in [0.1, 0.15) is 5.69 Å². The van der Waals surface area contributed by atoms with Gasteiger partial charge in [0.2, 0.25) is 0 Å². The van der Waals surface area contributed by atoms with Gasteiger partial charge in [-0.05, 0) is 6.07 Å². The molecule has 17 heavy (non-hydrogen) atoms. The van der Waals surface area contributed by atoms with Crippen molar-refractivity contribution in [3.63, 3.8) is 0 Å². The molecule has 0 saturated heterocycles. The normalized spacial score (nSPS) is 22.6. The number of hydrogen-bond acceptors (Lipinski definition) is 1. The van der Waals surface area contributed by atoms with Crippen LogP contribution in [0, 0.1) is 0 Å². The zero-order valence-electron chi connectivity index (χ0n) is 10.2. The maximum Gasteiger partial charge on any atom is 0.194 e. The Morgan fingerprint density at radius 3 is 2.29 bits per heavy atom. The van der Waals surface area contributed by atoms with Crippen molar-refractivity contribution in [3.05, 3.63) is 60.2 Å². The summed E-state index contributed by atoms with van der Waals surface area (Å²) in [5.74, 6) is 0. The standard InChI is InChI=1S/C15H16N2/c1-16-13-10-6-7-11-14(13)17(2)15(16)12-8-4-3-5-9-12/h3-11,15H,1-2H3/p+1. The molecule has 2 heteroatoms. The first-order valence-electron chi connectivity index (χ1n) is 5.99. The number of anilines is 1. The molecule has 0 fully saturated rings. The fourth-order valence-electron chi connectivity index (χ4n) is 2.80. The van der Waals surface area contributed by atoms with Crippen LogP contribution in [-0.2, 0) is 0 Å². The van der Waals surface area contributed by atoms with Gasteiger partial charge in [-0.25, -0.2) is 0 Å². The first-order valence-corrected chi connectivity index (χ1v) is 5.99. The van der Waals surface area contributed by atoms with Crippen LogP contribution in [0.2, 0.25) is 0 Å². The van der Waals surface area contributed by atoms with Gasteiger partial charge in [-0.2, -0.15) is 0 Å². The molecular weight excluding hydrogens is 208 g/mol. The van der Waals surface area contributed by atoms with E-state index in [1.807, 2.05) is 0 Å². The largest absolute Gasteiger partial charge is 0.316 e. The van der Waals surface area contributed by atoms with Crippen molar-refractivity contribution in [2.24, 2.45) is 0 Å². The van der Waals surface area contributed by atoms with Gasteiger partial charge in [-0.1, -0.05) is 42.5 Å². The monoisotopic (exact) mass is 225 g/mol. The average Bonchev–Trinajstić information content (AvgIpc) is 2.64. The van der Waals surface area contributed by atoms with Crippen LogP contribution in [0.5, 0.6) is 0 Å². The van der Waals surface area contributed by atoms with Gasteiger partial charge in [0.15, 0.2) is 11.9 Å². The van der Waals surface area contributed by atoms with E-state index in [4.69, 9.17) is 0 Å². The zero-order chi connectivity index (χ0) is 11.8. The van der Waals surface area contributed by atoms with Crippen molar-refractivity contribution in [2.45, 2.75) is 6.17 Å². The molecular formula is C15H17N2+. The molecule has 0 saturated carbocycles. The Kier molecular flexibility index (Phi) is 2.37. The lowest BCUT2D eigenvalue weighted by molar-refractivity contribution is -0.838. The Hall–Kier alpha value is -1.80. The summed E-state index contributed by atoms with van der Waals surface area (Å²) in [6.07, 6.45) is 0.383. The number of hydrogen-bond donors (Lipinski definition) is 1. The van der Waals surface area contributed by atoms with E-state index >= 15 is 0 Å². The van der Waals surface area contributed by atoms with E-state index in [0.29, 0.717) is 6.17 Å². The molecule has 2 atom stereocenters. The smallest absolute Gasteiger partial charge is 0.194 e. The summed E-state index contributed by atoms with van der Waals surface area (Å²) in [5.41, 5.74) is 4.08. The van der Waals surface area contributed by atoms with Gasteiger partial charge in [0.25, 0.3) is 0 Å². The highest BCUT2D eigenvalue weighted by Gasteiger charge is 2.36. The second-order valence-corrected chi connectivity index (χ2v) is 4.62. The molecule has 0 aromatic heterocycles. The van der Waals surface area contributed by atoms with E-state index in [0.717, 1.165) is 0 Å². The molecule has 0 amide bonds. The van der Waals surface area contributed by atoms with Crippen LogP contribution in [0.1, 0.15) is 11.7 Å². The summed E-state index contributed by atoms with van der Waals surface area (Å²) in [6.45, 7) is 0. The number of quaternary nitrogens is 1. The molecule has 1 heterocycles. The highest BCUT2D eigenvalue weighted by atomic mass is 15.4. The van der Waals surface area contributed by atoms with Gasteiger partial charge < -0.3 is 4.90 Å². The summed E-state index contributed by atoms with van der Waals surface area (Å²) in [5, 5.41) is 0. The fourth-order valence-corrected chi connectivity index (χ4v) is 2.80.